The minimum absolute atomic E-state index is 0.379. The molecule has 1 aromatic heterocycles. The lowest BCUT2D eigenvalue weighted by molar-refractivity contribution is -0.617. The number of para-hydroxylation sites is 2. The highest BCUT2D eigenvalue weighted by Crippen LogP contribution is 2.26. The van der Waals surface area contributed by atoms with E-state index in [1.54, 1.807) is 24.3 Å². The van der Waals surface area contributed by atoms with Gasteiger partial charge in [0.1, 0.15) is 12.8 Å². The van der Waals surface area contributed by atoms with Gasteiger partial charge in [0.25, 0.3) is 0 Å². The molecule has 0 fully saturated rings. The van der Waals surface area contributed by atoms with Gasteiger partial charge < -0.3 is 4.74 Å². The smallest absolute Gasteiger partial charge is 0.345 e. The van der Waals surface area contributed by atoms with Crippen LogP contribution in [-0.2, 0) is 7.05 Å². The maximum atomic E-state index is 13.0. The Balaban J connectivity index is 1.93. The topological polar surface area (TPSA) is 30.2 Å². The molecule has 0 aliphatic rings. The average molecular weight is 349 g/mol. The number of pyridine rings is 1. The number of rotatable bonds is 2. The third-order valence-corrected chi connectivity index (χ3v) is 4.55. The Labute approximate surface area is 150 Å². The highest BCUT2D eigenvalue weighted by Gasteiger charge is 2.23. The van der Waals surface area contributed by atoms with Gasteiger partial charge in [-0.1, -0.05) is 35.9 Å². The molecule has 1 heterocycles. The highest BCUT2D eigenvalue weighted by atomic mass is 35.5. The Bertz CT molecular complexity index is 1050. The summed E-state index contributed by atoms with van der Waals surface area (Å²) in [5, 5.41) is 2.33. The summed E-state index contributed by atoms with van der Waals surface area (Å²) < 4.78 is 7.69. The summed E-state index contributed by atoms with van der Waals surface area (Å²) >= 11 is 5.90. The molecule has 4 aromatic rings. The SMILES string of the molecule is C[n+]1c2ccccc2c(C(=O)Oc2ccc(Cl)cc2)c2ccccc21. The van der Waals surface area contributed by atoms with Gasteiger partial charge in [0.05, 0.1) is 16.3 Å². The molecule has 0 saturated carbocycles. The van der Waals surface area contributed by atoms with Crippen molar-refractivity contribution in [2.24, 2.45) is 7.05 Å². The fourth-order valence-corrected chi connectivity index (χ4v) is 3.24. The first-order valence-corrected chi connectivity index (χ1v) is 8.30. The van der Waals surface area contributed by atoms with Gasteiger partial charge in [-0.15, -0.1) is 0 Å². The summed E-state index contributed by atoms with van der Waals surface area (Å²) in [7, 11) is 2.00. The van der Waals surface area contributed by atoms with E-state index in [-0.39, 0.29) is 5.97 Å². The van der Waals surface area contributed by atoms with Crippen LogP contribution >= 0.6 is 11.6 Å². The Morgan fingerprint density at radius 2 is 1.36 bits per heavy atom. The number of benzene rings is 3. The van der Waals surface area contributed by atoms with Gasteiger partial charge in [-0.05, 0) is 36.4 Å². The number of hydrogen-bond donors (Lipinski definition) is 0. The number of hydrogen-bond acceptors (Lipinski definition) is 2. The molecule has 4 heteroatoms. The quantitative estimate of drug-likeness (QED) is 0.228. The molecule has 3 nitrogen and oxygen atoms in total. The van der Waals surface area contributed by atoms with Gasteiger partial charge in [0.2, 0.25) is 11.0 Å². The van der Waals surface area contributed by atoms with Gasteiger partial charge in [0.15, 0.2) is 0 Å². The molecule has 0 saturated heterocycles. The molecule has 0 aliphatic carbocycles. The second-order valence-corrected chi connectivity index (χ2v) is 6.25. The van der Waals surface area contributed by atoms with Crippen LogP contribution in [0.1, 0.15) is 10.4 Å². The number of halogens is 1. The molecule has 0 radical (unpaired) electrons. The van der Waals surface area contributed by atoms with Crippen molar-refractivity contribution in [3.8, 4) is 5.75 Å². The van der Waals surface area contributed by atoms with E-state index >= 15 is 0 Å². The van der Waals surface area contributed by atoms with E-state index in [4.69, 9.17) is 16.3 Å². The number of carbonyl (C=O) groups is 1. The van der Waals surface area contributed by atoms with Crippen LogP contribution in [0.5, 0.6) is 5.75 Å². The molecule has 25 heavy (non-hydrogen) atoms. The lowest BCUT2D eigenvalue weighted by Crippen LogP contribution is -2.31. The van der Waals surface area contributed by atoms with E-state index in [2.05, 4.69) is 4.57 Å². The van der Waals surface area contributed by atoms with Crippen LogP contribution in [0.4, 0.5) is 0 Å². The molecule has 0 spiro atoms. The fraction of sp³-hybridized carbons (Fsp3) is 0.0476. The molecular weight excluding hydrogens is 334 g/mol. The molecule has 0 amide bonds. The zero-order valence-corrected chi connectivity index (χ0v) is 14.3. The van der Waals surface area contributed by atoms with E-state index in [0.29, 0.717) is 16.3 Å². The number of aromatic nitrogens is 1. The first kappa shape index (κ1) is 15.6. The van der Waals surface area contributed by atoms with Crippen molar-refractivity contribution in [2.75, 3.05) is 0 Å². The van der Waals surface area contributed by atoms with Crippen LogP contribution in [-0.4, -0.2) is 5.97 Å². The maximum Gasteiger partial charge on any atom is 0.345 e. The molecule has 0 aliphatic heterocycles. The molecule has 0 atom stereocenters. The lowest BCUT2D eigenvalue weighted by Gasteiger charge is -2.10. The van der Waals surface area contributed by atoms with E-state index < -0.39 is 0 Å². The van der Waals surface area contributed by atoms with Gasteiger partial charge >= 0.3 is 5.97 Å². The largest absolute Gasteiger partial charge is 0.423 e. The van der Waals surface area contributed by atoms with E-state index in [1.807, 2.05) is 55.6 Å². The third-order valence-electron chi connectivity index (χ3n) is 4.30. The summed E-state index contributed by atoms with van der Waals surface area (Å²) in [4.78, 5) is 13.0. The van der Waals surface area contributed by atoms with Crippen LogP contribution in [0.2, 0.25) is 5.02 Å². The van der Waals surface area contributed by atoms with Crippen molar-refractivity contribution < 1.29 is 14.1 Å². The van der Waals surface area contributed by atoms with Crippen LogP contribution in [0, 0.1) is 0 Å². The molecule has 122 valence electrons. The van der Waals surface area contributed by atoms with Crippen molar-refractivity contribution >= 4 is 39.4 Å². The molecule has 0 N–H and O–H groups in total. The third kappa shape index (κ3) is 2.73. The zero-order chi connectivity index (χ0) is 17.4. The van der Waals surface area contributed by atoms with Gasteiger partial charge in [0, 0.05) is 17.2 Å². The summed E-state index contributed by atoms with van der Waals surface area (Å²) in [5.41, 5.74) is 2.52. The molecule has 0 bridgehead atoms. The van der Waals surface area contributed by atoms with Crippen LogP contribution in [0.3, 0.4) is 0 Å². The van der Waals surface area contributed by atoms with Gasteiger partial charge in [-0.3, -0.25) is 0 Å². The van der Waals surface area contributed by atoms with Crippen LogP contribution in [0.25, 0.3) is 21.8 Å². The minimum Gasteiger partial charge on any atom is -0.423 e. The maximum absolute atomic E-state index is 13.0. The fourth-order valence-electron chi connectivity index (χ4n) is 3.11. The Hall–Kier alpha value is -2.91. The first-order chi connectivity index (χ1) is 12.1. The summed E-state index contributed by atoms with van der Waals surface area (Å²) in [6.07, 6.45) is 0. The minimum atomic E-state index is -0.379. The molecular formula is C21H15ClNO2+. The first-order valence-electron chi connectivity index (χ1n) is 7.92. The monoisotopic (exact) mass is 348 g/mol. The zero-order valence-electron chi connectivity index (χ0n) is 13.6. The van der Waals surface area contributed by atoms with Crippen LogP contribution in [0.15, 0.2) is 72.8 Å². The second kappa shape index (κ2) is 6.19. The van der Waals surface area contributed by atoms with Crippen molar-refractivity contribution in [2.45, 2.75) is 0 Å². The number of esters is 1. The Morgan fingerprint density at radius 1 is 0.840 bits per heavy atom. The standard InChI is InChI=1S/C21H15ClNO2/c1-23-18-8-4-2-6-16(18)20(17-7-3-5-9-19(17)23)21(24)25-15-12-10-14(22)11-13-15/h2-13H,1H3/q+1. The molecule has 3 aromatic carbocycles. The van der Waals surface area contributed by atoms with Crippen molar-refractivity contribution in [3.63, 3.8) is 0 Å². The predicted octanol–water partition coefficient (Wildman–Crippen LogP) is 4.69. The van der Waals surface area contributed by atoms with Crippen molar-refractivity contribution in [1.82, 2.24) is 0 Å². The number of carbonyl (C=O) groups excluding carboxylic acids is 1. The highest BCUT2D eigenvalue weighted by molar-refractivity contribution is 6.30. The lowest BCUT2D eigenvalue weighted by atomic mass is 10.0. The van der Waals surface area contributed by atoms with Gasteiger partial charge in [-0.25, -0.2) is 4.79 Å². The summed E-state index contributed by atoms with van der Waals surface area (Å²) in [6.45, 7) is 0. The molecule has 4 rings (SSSR count). The summed E-state index contributed by atoms with van der Waals surface area (Å²) in [6, 6.07) is 22.4. The predicted molar refractivity (Wildman–Crippen MR) is 99.0 cm³/mol. The summed E-state index contributed by atoms with van der Waals surface area (Å²) in [5.74, 6) is 0.0890. The second-order valence-electron chi connectivity index (χ2n) is 5.81. The number of aryl methyl sites for hydroxylation is 1. The number of ether oxygens (including phenoxy) is 1. The van der Waals surface area contributed by atoms with E-state index in [9.17, 15) is 4.79 Å². The van der Waals surface area contributed by atoms with Crippen molar-refractivity contribution in [1.29, 1.82) is 0 Å². The average Bonchev–Trinajstić information content (AvgIpc) is 2.64. The normalized spacial score (nSPS) is 11.0. The van der Waals surface area contributed by atoms with Gasteiger partial charge in [-0.2, -0.15) is 4.57 Å². The molecule has 0 unspecified atom stereocenters. The van der Waals surface area contributed by atoms with E-state index in [0.717, 1.165) is 21.8 Å². The van der Waals surface area contributed by atoms with Crippen molar-refractivity contribution in [3.05, 3.63) is 83.4 Å². The number of fused-ring (bicyclic) bond motifs is 2. The Kier molecular flexibility index (Phi) is 3.86. The number of nitrogens with zero attached hydrogens (tertiary/aromatic N) is 1. The van der Waals surface area contributed by atoms with Crippen LogP contribution < -0.4 is 9.30 Å². The Morgan fingerprint density at radius 3 is 1.92 bits per heavy atom. The van der Waals surface area contributed by atoms with E-state index in [1.165, 1.54) is 0 Å².